The summed E-state index contributed by atoms with van der Waals surface area (Å²) in [5.74, 6) is 2.52. The zero-order valence-electron chi connectivity index (χ0n) is 13.7. The van der Waals surface area contributed by atoms with Crippen LogP contribution in [0, 0.1) is 0 Å². The summed E-state index contributed by atoms with van der Waals surface area (Å²) in [5, 5.41) is 2.98. The second kappa shape index (κ2) is 8.63. The molecule has 24 heavy (non-hydrogen) atoms. The van der Waals surface area contributed by atoms with Gasteiger partial charge < -0.3 is 5.32 Å². The first-order valence-corrected chi connectivity index (χ1v) is 10.4. The van der Waals surface area contributed by atoms with Gasteiger partial charge in [0, 0.05) is 12.1 Å². The molecule has 0 bridgehead atoms. The smallest absolute Gasteiger partial charge is 0.224 e. The molecule has 1 fully saturated rings. The normalized spacial score (nSPS) is 16.5. The summed E-state index contributed by atoms with van der Waals surface area (Å²) < 4.78 is 0.118. The Morgan fingerprint density at radius 2 is 1.58 bits per heavy atom. The Bertz CT molecular complexity index is 639. The number of hydrogen-bond acceptors (Lipinski definition) is 3. The Labute approximate surface area is 152 Å². The van der Waals surface area contributed by atoms with E-state index in [9.17, 15) is 4.79 Å². The van der Waals surface area contributed by atoms with Gasteiger partial charge in [0.1, 0.15) is 0 Å². The van der Waals surface area contributed by atoms with Gasteiger partial charge in [-0.1, -0.05) is 48.5 Å². The van der Waals surface area contributed by atoms with Gasteiger partial charge in [-0.05, 0) is 48.5 Å². The van der Waals surface area contributed by atoms with Crippen LogP contribution >= 0.6 is 23.5 Å². The molecule has 1 heterocycles. The van der Waals surface area contributed by atoms with Crippen LogP contribution in [0.25, 0.3) is 0 Å². The van der Waals surface area contributed by atoms with Crippen molar-refractivity contribution >= 4 is 35.1 Å². The highest BCUT2D eigenvalue weighted by Crippen LogP contribution is 2.53. The largest absolute Gasteiger partial charge is 0.326 e. The molecule has 3 rings (SSSR count). The van der Waals surface area contributed by atoms with Gasteiger partial charge in [0.05, 0.1) is 4.08 Å². The first kappa shape index (κ1) is 17.4. The molecule has 1 saturated heterocycles. The number of para-hydroxylation sites is 1. The van der Waals surface area contributed by atoms with Crippen molar-refractivity contribution in [2.45, 2.75) is 29.8 Å². The van der Waals surface area contributed by atoms with E-state index >= 15 is 0 Å². The van der Waals surface area contributed by atoms with E-state index in [0.29, 0.717) is 6.42 Å². The van der Waals surface area contributed by atoms with Crippen molar-refractivity contribution in [2.75, 3.05) is 16.8 Å². The highest BCUT2D eigenvalue weighted by molar-refractivity contribution is 8.18. The number of benzene rings is 2. The maximum Gasteiger partial charge on any atom is 0.224 e. The molecule has 0 radical (unpaired) electrons. The molecular formula is C20H23NOS2. The number of hydrogen-bond donors (Lipinski definition) is 1. The molecule has 2 aromatic carbocycles. The van der Waals surface area contributed by atoms with Crippen molar-refractivity contribution in [1.29, 1.82) is 0 Å². The van der Waals surface area contributed by atoms with Crippen LogP contribution in [-0.2, 0) is 8.87 Å². The highest BCUT2D eigenvalue weighted by Gasteiger charge is 2.35. The molecule has 0 spiro atoms. The Hall–Kier alpha value is -1.39. The molecule has 0 saturated carbocycles. The monoisotopic (exact) mass is 357 g/mol. The van der Waals surface area contributed by atoms with Crippen molar-refractivity contribution in [2.24, 2.45) is 0 Å². The summed E-state index contributed by atoms with van der Waals surface area (Å²) >= 11 is 4.10. The molecule has 1 N–H and O–H groups in total. The van der Waals surface area contributed by atoms with E-state index in [1.165, 1.54) is 23.5 Å². The van der Waals surface area contributed by atoms with E-state index in [2.05, 4.69) is 59.2 Å². The van der Waals surface area contributed by atoms with Gasteiger partial charge in [0.2, 0.25) is 5.91 Å². The van der Waals surface area contributed by atoms with E-state index < -0.39 is 0 Å². The maximum absolute atomic E-state index is 12.2. The van der Waals surface area contributed by atoms with E-state index in [1.807, 2.05) is 30.3 Å². The number of amides is 1. The predicted octanol–water partition coefficient (Wildman–Crippen LogP) is 5.52. The first-order valence-electron chi connectivity index (χ1n) is 8.47. The minimum Gasteiger partial charge on any atom is -0.326 e. The van der Waals surface area contributed by atoms with Crippen molar-refractivity contribution in [3.63, 3.8) is 0 Å². The summed E-state index contributed by atoms with van der Waals surface area (Å²) in [4.78, 5) is 12.2. The fourth-order valence-corrected chi connectivity index (χ4v) is 6.38. The molecule has 1 amide bonds. The lowest BCUT2D eigenvalue weighted by Crippen LogP contribution is -2.23. The molecule has 0 aromatic heterocycles. The molecule has 0 unspecified atom stereocenters. The van der Waals surface area contributed by atoms with Crippen LogP contribution in [0.1, 0.15) is 31.2 Å². The molecule has 126 valence electrons. The second-order valence-electron chi connectivity index (χ2n) is 5.94. The number of thioether (sulfide) groups is 2. The van der Waals surface area contributed by atoms with Crippen LogP contribution in [0.3, 0.4) is 0 Å². The van der Waals surface area contributed by atoms with Gasteiger partial charge >= 0.3 is 0 Å². The predicted molar refractivity (Wildman–Crippen MR) is 107 cm³/mol. The maximum atomic E-state index is 12.2. The summed E-state index contributed by atoms with van der Waals surface area (Å²) in [6.07, 6.45) is 3.80. The SMILES string of the molecule is O=C(CCCC1(c2ccccc2)SCCCS1)Nc1ccccc1. The second-order valence-corrected chi connectivity index (χ2v) is 8.98. The number of nitrogens with one attached hydrogen (secondary N) is 1. The minimum absolute atomic E-state index is 0.107. The van der Waals surface area contributed by atoms with Crippen molar-refractivity contribution < 1.29 is 4.79 Å². The van der Waals surface area contributed by atoms with Gasteiger partial charge in [-0.2, -0.15) is 0 Å². The average Bonchev–Trinajstić information content (AvgIpc) is 2.64. The lowest BCUT2D eigenvalue weighted by Gasteiger charge is -2.36. The lowest BCUT2D eigenvalue weighted by molar-refractivity contribution is -0.116. The third-order valence-electron chi connectivity index (χ3n) is 4.14. The third-order valence-corrected chi connectivity index (χ3v) is 7.64. The van der Waals surface area contributed by atoms with E-state index in [1.54, 1.807) is 0 Å². The van der Waals surface area contributed by atoms with Crippen molar-refractivity contribution in [3.8, 4) is 0 Å². The first-order chi connectivity index (χ1) is 11.8. The Kier molecular flexibility index (Phi) is 6.27. The van der Waals surface area contributed by atoms with Crippen LogP contribution < -0.4 is 5.32 Å². The molecule has 1 aliphatic rings. The summed E-state index contributed by atoms with van der Waals surface area (Å²) in [6.45, 7) is 0. The number of carbonyl (C=O) groups excluding carboxylic acids is 1. The highest BCUT2D eigenvalue weighted by atomic mass is 32.2. The Morgan fingerprint density at radius 3 is 2.25 bits per heavy atom. The molecule has 0 aliphatic carbocycles. The van der Waals surface area contributed by atoms with Gasteiger partial charge in [-0.25, -0.2) is 0 Å². The number of rotatable bonds is 6. The van der Waals surface area contributed by atoms with Gasteiger partial charge in [-0.3, -0.25) is 4.79 Å². The zero-order valence-corrected chi connectivity index (χ0v) is 15.4. The number of carbonyl (C=O) groups is 1. The van der Waals surface area contributed by atoms with E-state index in [4.69, 9.17) is 0 Å². The topological polar surface area (TPSA) is 29.1 Å². The van der Waals surface area contributed by atoms with Crippen LogP contribution in [0.5, 0.6) is 0 Å². The Morgan fingerprint density at radius 1 is 0.958 bits per heavy atom. The van der Waals surface area contributed by atoms with Gasteiger partial charge in [0.15, 0.2) is 0 Å². The molecular weight excluding hydrogens is 334 g/mol. The van der Waals surface area contributed by atoms with Crippen LogP contribution in [0.2, 0.25) is 0 Å². The average molecular weight is 358 g/mol. The minimum atomic E-state index is 0.107. The van der Waals surface area contributed by atoms with Crippen LogP contribution in [0.4, 0.5) is 5.69 Å². The summed E-state index contributed by atoms with van der Waals surface area (Å²) in [6, 6.07) is 20.5. The van der Waals surface area contributed by atoms with Crippen LogP contribution in [0.15, 0.2) is 60.7 Å². The zero-order chi connectivity index (χ0) is 16.7. The van der Waals surface area contributed by atoms with Gasteiger partial charge in [-0.15, -0.1) is 23.5 Å². The van der Waals surface area contributed by atoms with Crippen molar-refractivity contribution in [3.05, 3.63) is 66.2 Å². The van der Waals surface area contributed by atoms with Gasteiger partial charge in [0.25, 0.3) is 0 Å². The quantitative estimate of drug-likeness (QED) is 0.738. The van der Waals surface area contributed by atoms with E-state index in [0.717, 1.165) is 18.5 Å². The lowest BCUT2D eigenvalue weighted by atomic mass is 10.1. The number of anilines is 1. The van der Waals surface area contributed by atoms with Crippen LogP contribution in [-0.4, -0.2) is 17.4 Å². The summed E-state index contributed by atoms with van der Waals surface area (Å²) in [5.41, 5.74) is 2.27. The fourth-order valence-electron chi connectivity index (χ4n) is 2.95. The fraction of sp³-hybridized carbons (Fsp3) is 0.350. The molecule has 2 nitrogen and oxygen atoms in total. The standard InChI is InChI=1S/C20H23NOS2/c22-19(21-18-11-5-2-6-12-18)13-7-14-20(23-15-8-16-24-20)17-9-3-1-4-10-17/h1-6,9-12H,7-8,13-16H2,(H,21,22). The molecule has 1 aliphatic heterocycles. The molecule has 2 aromatic rings. The Balaban J connectivity index is 1.57. The molecule has 0 atom stereocenters. The van der Waals surface area contributed by atoms with E-state index in [-0.39, 0.29) is 9.99 Å². The third kappa shape index (κ3) is 4.58. The van der Waals surface area contributed by atoms with Crippen molar-refractivity contribution in [1.82, 2.24) is 0 Å². The molecule has 4 heteroatoms. The summed E-state index contributed by atoms with van der Waals surface area (Å²) in [7, 11) is 0.